The molecule has 0 atom stereocenters. The monoisotopic (exact) mass is 415 g/mol. The van der Waals surface area contributed by atoms with E-state index in [9.17, 15) is 9.59 Å². The van der Waals surface area contributed by atoms with Gasteiger partial charge in [-0.25, -0.2) is 9.67 Å². The van der Waals surface area contributed by atoms with Crippen molar-refractivity contribution >= 4 is 11.8 Å². The van der Waals surface area contributed by atoms with Gasteiger partial charge in [0.25, 0.3) is 0 Å². The Bertz CT molecular complexity index is 1200. The molecule has 0 saturated carbocycles. The highest BCUT2D eigenvalue weighted by Crippen LogP contribution is 2.22. The third kappa shape index (κ3) is 4.84. The highest BCUT2D eigenvalue weighted by Gasteiger charge is 2.14. The first-order valence-electron chi connectivity index (χ1n) is 9.68. The first kappa shape index (κ1) is 20.0. The van der Waals surface area contributed by atoms with Gasteiger partial charge in [-0.05, 0) is 34.9 Å². The van der Waals surface area contributed by atoms with Crippen molar-refractivity contribution in [1.29, 1.82) is 0 Å². The molecule has 9 heteroatoms. The fourth-order valence-electron chi connectivity index (χ4n) is 3.13. The van der Waals surface area contributed by atoms with Gasteiger partial charge in [-0.2, -0.15) is 10.2 Å². The molecule has 156 valence electrons. The first-order valence-corrected chi connectivity index (χ1v) is 9.68. The molecule has 0 aliphatic heterocycles. The molecule has 0 spiro atoms. The van der Waals surface area contributed by atoms with E-state index in [0.29, 0.717) is 5.82 Å². The van der Waals surface area contributed by atoms with Crippen molar-refractivity contribution < 1.29 is 9.59 Å². The van der Waals surface area contributed by atoms with Crippen LogP contribution in [0.3, 0.4) is 0 Å². The van der Waals surface area contributed by atoms with Gasteiger partial charge in [0.2, 0.25) is 0 Å². The molecule has 9 nitrogen and oxygen atoms in total. The Morgan fingerprint density at radius 1 is 0.968 bits per heavy atom. The van der Waals surface area contributed by atoms with E-state index in [4.69, 9.17) is 0 Å². The van der Waals surface area contributed by atoms with Gasteiger partial charge in [0.05, 0.1) is 6.20 Å². The predicted octanol–water partition coefficient (Wildman–Crippen LogP) is 1.60. The Labute approximate surface area is 178 Å². The predicted molar refractivity (Wildman–Crippen MR) is 114 cm³/mol. The minimum atomic E-state index is -0.698. The summed E-state index contributed by atoms with van der Waals surface area (Å²) < 4.78 is 3.34. The fourth-order valence-corrected chi connectivity index (χ4v) is 3.13. The van der Waals surface area contributed by atoms with Crippen LogP contribution in [0.1, 0.15) is 11.1 Å². The number of carbonyl (C=O) groups is 2. The molecule has 4 rings (SSSR count). The lowest BCUT2D eigenvalue weighted by molar-refractivity contribution is -0.139. The van der Waals surface area contributed by atoms with Crippen molar-refractivity contribution in [2.45, 2.75) is 13.1 Å². The van der Waals surface area contributed by atoms with Gasteiger partial charge in [0, 0.05) is 50.5 Å². The SMILES string of the molecule is Cn1cc(-c2ccccc2CNC(=O)C(=O)NCc2ccnc(-n3cccn3)c2)cn1. The largest absolute Gasteiger partial charge is 0.344 e. The van der Waals surface area contributed by atoms with Crippen LogP contribution in [0.15, 0.2) is 73.4 Å². The number of pyridine rings is 1. The molecule has 3 heterocycles. The van der Waals surface area contributed by atoms with Crippen molar-refractivity contribution in [2.24, 2.45) is 7.05 Å². The lowest BCUT2D eigenvalue weighted by Gasteiger charge is -2.10. The Hall–Kier alpha value is -4.27. The number of nitrogens with zero attached hydrogens (tertiary/aromatic N) is 5. The van der Waals surface area contributed by atoms with Crippen molar-refractivity contribution in [1.82, 2.24) is 35.2 Å². The second kappa shape index (κ2) is 9.04. The summed E-state index contributed by atoms with van der Waals surface area (Å²) in [6.07, 6.45) is 8.74. The zero-order valence-electron chi connectivity index (χ0n) is 16.9. The molecule has 0 aliphatic carbocycles. The Morgan fingerprint density at radius 2 is 1.77 bits per heavy atom. The number of rotatable bonds is 6. The molecule has 2 amide bonds. The van der Waals surface area contributed by atoms with Crippen LogP contribution < -0.4 is 10.6 Å². The van der Waals surface area contributed by atoms with E-state index in [1.807, 2.05) is 37.5 Å². The van der Waals surface area contributed by atoms with E-state index in [2.05, 4.69) is 25.8 Å². The zero-order valence-corrected chi connectivity index (χ0v) is 16.9. The molecule has 0 saturated heterocycles. The molecule has 1 aromatic carbocycles. The number of hydrogen-bond donors (Lipinski definition) is 2. The van der Waals surface area contributed by atoms with Gasteiger partial charge in [-0.1, -0.05) is 24.3 Å². The van der Waals surface area contributed by atoms with Crippen molar-refractivity contribution in [3.63, 3.8) is 0 Å². The topological polar surface area (TPSA) is 107 Å². The smallest absolute Gasteiger partial charge is 0.309 e. The molecule has 2 N–H and O–H groups in total. The maximum Gasteiger partial charge on any atom is 0.309 e. The normalized spacial score (nSPS) is 10.6. The average molecular weight is 415 g/mol. The van der Waals surface area contributed by atoms with Gasteiger partial charge < -0.3 is 10.6 Å². The maximum atomic E-state index is 12.3. The van der Waals surface area contributed by atoms with E-state index in [1.165, 1.54) is 0 Å². The van der Waals surface area contributed by atoms with E-state index in [0.717, 1.165) is 22.3 Å². The zero-order chi connectivity index (χ0) is 21.6. The van der Waals surface area contributed by atoms with Crippen molar-refractivity contribution in [3.8, 4) is 16.9 Å². The summed E-state index contributed by atoms with van der Waals surface area (Å²) in [7, 11) is 1.85. The molecule has 31 heavy (non-hydrogen) atoms. The van der Waals surface area contributed by atoms with E-state index >= 15 is 0 Å². The second-order valence-corrected chi connectivity index (χ2v) is 6.90. The van der Waals surface area contributed by atoms with Gasteiger partial charge in [0.1, 0.15) is 0 Å². The number of aromatic nitrogens is 5. The quantitative estimate of drug-likeness (QED) is 0.465. The summed E-state index contributed by atoms with van der Waals surface area (Å²) in [4.78, 5) is 28.8. The standard InChI is InChI=1S/C22H21N7O2/c1-28-15-18(14-27-28)19-6-3-2-5-17(19)13-25-22(31)21(30)24-12-16-7-9-23-20(11-16)29-10-4-8-26-29/h2-11,14-15H,12-13H2,1H3,(H,24,30)(H,25,31). The van der Waals surface area contributed by atoms with Gasteiger partial charge >= 0.3 is 11.8 Å². The number of aryl methyl sites for hydroxylation is 1. The number of nitrogens with one attached hydrogen (secondary N) is 2. The minimum Gasteiger partial charge on any atom is -0.344 e. The summed E-state index contributed by atoms with van der Waals surface area (Å²) in [6, 6.07) is 13.1. The highest BCUT2D eigenvalue weighted by molar-refractivity contribution is 6.35. The molecule has 0 fully saturated rings. The van der Waals surface area contributed by atoms with Crippen LogP contribution in [0, 0.1) is 0 Å². The van der Waals surface area contributed by atoms with Gasteiger partial charge in [-0.15, -0.1) is 0 Å². The molecule has 0 radical (unpaired) electrons. The number of hydrogen-bond acceptors (Lipinski definition) is 5. The van der Waals surface area contributed by atoms with Crippen LogP contribution >= 0.6 is 0 Å². The Balaban J connectivity index is 1.34. The van der Waals surface area contributed by atoms with Crippen molar-refractivity contribution in [2.75, 3.05) is 0 Å². The van der Waals surface area contributed by atoms with Crippen LogP contribution in [0.4, 0.5) is 0 Å². The van der Waals surface area contributed by atoms with Crippen LogP contribution in [-0.2, 0) is 29.7 Å². The average Bonchev–Trinajstić information content (AvgIpc) is 3.48. The van der Waals surface area contributed by atoms with E-state index < -0.39 is 11.8 Å². The molecular formula is C22H21N7O2. The van der Waals surface area contributed by atoms with Crippen LogP contribution in [-0.4, -0.2) is 36.4 Å². The summed E-state index contributed by atoms with van der Waals surface area (Å²) in [5.74, 6) is -0.758. The molecule has 0 aliphatic rings. The summed E-state index contributed by atoms with van der Waals surface area (Å²) in [5, 5.41) is 13.6. The lowest BCUT2D eigenvalue weighted by Crippen LogP contribution is -2.39. The van der Waals surface area contributed by atoms with Crippen LogP contribution in [0.2, 0.25) is 0 Å². The Morgan fingerprint density at radius 3 is 2.52 bits per heavy atom. The minimum absolute atomic E-state index is 0.204. The molecule has 4 aromatic rings. The first-order chi connectivity index (χ1) is 15.1. The maximum absolute atomic E-state index is 12.3. The number of amides is 2. The molecule has 0 bridgehead atoms. The summed E-state index contributed by atoms with van der Waals surface area (Å²) in [6.45, 7) is 0.436. The van der Waals surface area contributed by atoms with Gasteiger partial charge in [-0.3, -0.25) is 14.3 Å². The third-order valence-electron chi connectivity index (χ3n) is 4.68. The fraction of sp³-hybridized carbons (Fsp3) is 0.136. The van der Waals surface area contributed by atoms with E-state index in [1.54, 1.807) is 52.4 Å². The van der Waals surface area contributed by atoms with Gasteiger partial charge in [0.15, 0.2) is 5.82 Å². The molecule has 3 aromatic heterocycles. The van der Waals surface area contributed by atoms with Crippen LogP contribution in [0.5, 0.6) is 0 Å². The summed E-state index contributed by atoms with van der Waals surface area (Å²) in [5.41, 5.74) is 3.61. The summed E-state index contributed by atoms with van der Waals surface area (Å²) >= 11 is 0. The van der Waals surface area contributed by atoms with E-state index in [-0.39, 0.29) is 13.1 Å². The van der Waals surface area contributed by atoms with Crippen LogP contribution in [0.25, 0.3) is 16.9 Å². The van der Waals surface area contributed by atoms with Crippen molar-refractivity contribution in [3.05, 3.63) is 84.6 Å². The molecule has 0 unspecified atom stereocenters. The molecular weight excluding hydrogens is 394 g/mol. The second-order valence-electron chi connectivity index (χ2n) is 6.90. The lowest BCUT2D eigenvalue weighted by atomic mass is 10.0. The third-order valence-corrected chi connectivity index (χ3v) is 4.68. The highest BCUT2D eigenvalue weighted by atomic mass is 16.2. The number of carbonyl (C=O) groups excluding carboxylic acids is 2. The Kier molecular flexibility index (Phi) is 5.84. The number of benzene rings is 1.